The minimum absolute atomic E-state index is 0.0336. The molecule has 0 bridgehead atoms. The number of aryl methyl sites for hydroxylation is 1. The van der Waals surface area contributed by atoms with E-state index in [1.54, 1.807) is 16.0 Å². The Bertz CT molecular complexity index is 685. The van der Waals surface area contributed by atoms with Crippen molar-refractivity contribution in [3.63, 3.8) is 0 Å². The maximum atomic E-state index is 12.7. The molecule has 0 spiro atoms. The number of carbonyl (C=O) groups is 1. The summed E-state index contributed by atoms with van der Waals surface area (Å²) in [5.41, 5.74) is 0.474. The van der Waals surface area contributed by atoms with Gasteiger partial charge in [0.15, 0.2) is 0 Å². The first-order chi connectivity index (χ1) is 11.5. The second kappa shape index (κ2) is 6.94. The van der Waals surface area contributed by atoms with E-state index in [9.17, 15) is 4.79 Å². The molecule has 3 rings (SSSR count). The molecule has 2 unspecified atom stereocenters. The summed E-state index contributed by atoms with van der Waals surface area (Å²) in [5, 5.41) is 9.42. The molecule has 0 saturated carbocycles. The highest BCUT2D eigenvalue weighted by Crippen LogP contribution is 2.29. The number of ether oxygens (including phenoxy) is 1. The van der Waals surface area contributed by atoms with Gasteiger partial charge in [-0.25, -0.2) is 4.79 Å². The molecule has 0 aliphatic carbocycles. The first kappa shape index (κ1) is 17.0. The molecule has 7 heteroatoms. The fraction of sp³-hybridized carbons (Fsp3) is 0.529. The van der Waals surface area contributed by atoms with Gasteiger partial charge in [-0.1, -0.05) is 13.0 Å². The predicted octanol–water partition coefficient (Wildman–Crippen LogP) is 2.89. The summed E-state index contributed by atoms with van der Waals surface area (Å²) < 4.78 is 7.73. The highest BCUT2D eigenvalue weighted by atomic mass is 32.1. The van der Waals surface area contributed by atoms with Crippen molar-refractivity contribution >= 4 is 17.4 Å². The van der Waals surface area contributed by atoms with Crippen LogP contribution < -0.4 is 5.32 Å². The molecular weight excluding hydrogens is 324 g/mol. The topological polar surface area (TPSA) is 59.4 Å². The van der Waals surface area contributed by atoms with Crippen LogP contribution in [0.4, 0.5) is 4.79 Å². The molecule has 24 heavy (non-hydrogen) atoms. The van der Waals surface area contributed by atoms with Crippen LogP contribution in [0.5, 0.6) is 0 Å². The molecule has 130 valence electrons. The molecule has 3 heterocycles. The molecule has 1 aliphatic rings. The number of hydrogen-bond donors (Lipinski definition) is 1. The summed E-state index contributed by atoms with van der Waals surface area (Å²) >= 11 is 1.67. The standard InChI is InChI=1S/C17H24N4O2S/c1-4-14(15-6-5-9-24-15)19-16(22)21-7-8-23-17(2,12-21)13-10-18-20(3)11-13/h5-6,9-11,14H,4,7-8,12H2,1-3H3,(H,19,22). The van der Waals surface area contributed by atoms with Crippen LogP contribution in [0.3, 0.4) is 0 Å². The molecule has 1 fully saturated rings. The zero-order chi connectivity index (χ0) is 17.2. The third-order valence-electron chi connectivity index (χ3n) is 4.47. The molecule has 6 nitrogen and oxygen atoms in total. The van der Waals surface area contributed by atoms with Crippen molar-refractivity contribution in [2.45, 2.75) is 31.9 Å². The minimum Gasteiger partial charge on any atom is -0.367 e. The number of hydrogen-bond acceptors (Lipinski definition) is 4. The Balaban J connectivity index is 1.69. The summed E-state index contributed by atoms with van der Waals surface area (Å²) in [6.07, 6.45) is 4.63. The van der Waals surface area contributed by atoms with E-state index in [4.69, 9.17) is 4.74 Å². The zero-order valence-corrected chi connectivity index (χ0v) is 15.2. The summed E-state index contributed by atoms with van der Waals surface area (Å²) in [7, 11) is 1.88. The molecule has 2 atom stereocenters. The van der Waals surface area contributed by atoms with Crippen LogP contribution in [-0.4, -0.2) is 40.4 Å². The van der Waals surface area contributed by atoms with Crippen LogP contribution in [-0.2, 0) is 17.4 Å². The van der Waals surface area contributed by atoms with E-state index in [0.29, 0.717) is 19.7 Å². The van der Waals surface area contributed by atoms with Gasteiger partial charge < -0.3 is 15.0 Å². The van der Waals surface area contributed by atoms with Crippen molar-refractivity contribution in [3.8, 4) is 0 Å². The summed E-state index contributed by atoms with van der Waals surface area (Å²) in [6.45, 7) is 5.74. The number of thiophene rings is 1. The number of amides is 2. The first-order valence-electron chi connectivity index (χ1n) is 8.24. The van der Waals surface area contributed by atoms with Gasteiger partial charge in [-0.15, -0.1) is 11.3 Å². The maximum Gasteiger partial charge on any atom is 0.318 e. The minimum atomic E-state index is -0.519. The Labute approximate surface area is 146 Å². The molecule has 2 amide bonds. The van der Waals surface area contributed by atoms with Crippen molar-refractivity contribution in [2.24, 2.45) is 7.05 Å². The van der Waals surface area contributed by atoms with Gasteiger partial charge in [0.05, 0.1) is 25.4 Å². The predicted molar refractivity (Wildman–Crippen MR) is 94.0 cm³/mol. The normalized spacial score (nSPS) is 22.4. The van der Waals surface area contributed by atoms with Crippen LogP contribution in [0.2, 0.25) is 0 Å². The molecule has 2 aromatic heterocycles. The molecule has 1 N–H and O–H groups in total. The number of nitrogens with one attached hydrogen (secondary N) is 1. The highest BCUT2D eigenvalue weighted by molar-refractivity contribution is 7.10. The van der Waals surface area contributed by atoms with E-state index in [2.05, 4.69) is 23.4 Å². The van der Waals surface area contributed by atoms with Gasteiger partial charge in [0.1, 0.15) is 5.60 Å². The average Bonchev–Trinajstić information content (AvgIpc) is 3.24. The van der Waals surface area contributed by atoms with E-state index in [1.807, 2.05) is 42.7 Å². The van der Waals surface area contributed by atoms with E-state index in [0.717, 1.165) is 12.0 Å². The van der Waals surface area contributed by atoms with E-state index < -0.39 is 5.60 Å². The van der Waals surface area contributed by atoms with Crippen molar-refractivity contribution in [1.82, 2.24) is 20.0 Å². The Kier molecular flexibility index (Phi) is 4.91. The molecule has 1 aliphatic heterocycles. The second-order valence-corrected chi connectivity index (χ2v) is 7.31. The van der Waals surface area contributed by atoms with Crippen LogP contribution in [0.15, 0.2) is 29.9 Å². The number of urea groups is 1. The van der Waals surface area contributed by atoms with Gasteiger partial charge in [-0.05, 0) is 24.8 Å². The Morgan fingerprint density at radius 1 is 1.58 bits per heavy atom. The van der Waals surface area contributed by atoms with Gasteiger partial charge in [-0.2, -0.15) is 5.10 Å². The average molecular weight is 348 g/mol. The van der Waals surface area contributed by atoms with E-state index in [1.165, 1.54) is 4.88 Å². The smallest absolute Gasteiger partial charge is 0.318 e. The molecule has 0 radical (unpaired) electrons. The van der Waals surface area contributed by atoms with Crippen molar-refractivity contribution in [2.75, 3.05) is 19.7 Å². The van der Waals surface area contributed by atoms with Crippen LogP contribution in [0, 0.1) is 0 Å². The molecular formula is C17H24N4O2S. The lowest BCUT2D eigenvalue weighted by Crippen LogP contribution is -2.53. The van der Waals surface area contributed by atoms with Gasteiger partial charge in [-0.3, -0.25) is 4.68 Å². The third-order valence-corrected chi connectivity index (χ3v) is 5.46. The summed E-state index contributed by atoms with van der Waals surface area (Å²) in [4.78, 5) is 15.8. The number of rotatable bonds is 4. The molecule has 0 aromatic carbocycles. The fourth-order valence-corrected chi connectivity index (χ4v) is 3.88. The maximum absolute atomic E-state index is 12.7. The zero-order valence-electron chi connectivity index (χ0n) is 14.4. The summed E-state index contributed by atoms with van der Waals surface area (Å²) in [6, 6.07) is 4.11. The van der Waals surface area contributed by atoms with Gasteiger partial charge >= 0.3 is 6.03 Å². The first-order valence-corrected chi connectivity index (χ1v) is 9.12. The summed E-state index contributed by atoms with van der Waals surface area (Å²) in [5.74, 6) is 0. The number of morpholine rings is 1. The monoisotopic (exact) mass is 348 g/mol. The third kappa shape index (κ3) is 3.47. The van der Waals surface area contributed by atoms with E-state index >= 15 is 0 Å². The molecule has 2 aromatic rings. The molecule has 1 saturated heterocycles. The number of carbonyl (C=O) groups excluding carboxylic acids is 1. The number of aromatic nitrogens is 2. The largest absolute Gasteiger partial charge is 0.367 e. The van der Waals surface area contributed by atoms with Crippen LogP contribution in [0.25, 0.3) is 0 Å². The Morgan fingerprint density at radius 3 is 3.04 bits per heavy atom. The SMILES string of the molecule is CCC(NC(=O)N1CCOC(C)(c2cnn(C)c2)C1)c1cccs1. The van der Waals surface area contributed by atoms with Gasteiger partial charge in [0.2, 0.25) is 0 Å². The fourth-order valence-electron chi connectivity index (χ4n) is 3.02. The van der Waals surface area contributed by atoms with Crippen molar-refractivity contribution in [3.05, 3.63) is 40.3 Å². The quantitative estimate of drug-likeness (QED) is 0.924. The van der Waals surface area contributed by atoms with Gasteiger partial charge in [0.25, 0.3) is 0 Å². The second-order valence-electron chi connectivity index (χ2n) is 6.33. The Morgan fingerprint density at radius 2 is 2.42 bits per heavy atom. The van der Waals surface area contributed by atoms with Crippen molar-refractivity contribution in [1.29, 1.82) is 0 Å². The lowest BCUT2D eigenvalue weighted by molar-refractivity contribution is -0.0908. The Hall–Kier alpha value is -1.86. The van der Waals surface area contributed by atoms with Crippen LogP contribution in [0.1, 0.15) is 36.8 Å². The highest BCUT2D eigenvalue weighted by Gasteiger charge is 2.37. The van der Waals surface area contributed by atoms with Crippen LogP contribution >= 0.6 is 11.3 Å². The van der Waals surface area contributed by atoms with E-state index in [-0.39, 0.29) is 12.1 Å². The lowest BCUT2D eigenvalue weighted by atomic mass is 9.97. The lowest BCUT2D eigenvalue weighted by Gasteiger charge is -2.40. The van der Waals surface area contributed by atoms with Gasteiger partial charge in [0, 0.05) is 30.2 Å². The van der Waals surface area contributed by atoms with Crippen molar-refractivity contribution < 1.29 is 9.53 Å². The number of nitrogens with zero attached hydrogens (tertiary/aromatic N) is 3.